The van der Waals surface area contributed by atoms with Crippen molar-refractivity contribution in [3.63, 3.8) is 0 Å². The zero-order chi connectivity index (χ0) is 23.9. The van der Waals surface area contributed by atoms with Crippen LogP contribution in [0, 0.1) is 12.9 Å². The van der Waals surface area contributed by atoms with Crippen LogP contribution in [0.5, 0.6) is 11.5 Å². The topological polar surface area (TPSA) is 104 Å². The van der Waals surface area contributed by atoms with Crippen LogP contribution in [0.25, 0.3) is 11.1 Å². The minimum Gasteiger partial charge on any atom is -0.494 e. The Hall–Kier alpha value is -3.37. The van der Waals surface area contributed by atoms with Gasteiger partial charge in [0.25, 0.3) is 10.0 Å². The molecule has 11 heteroatoms. The van der Waals surface area contributed by atoms with Gasteiger partial charge in [-0.25, -0.2) is 18.2 Å². The Balaban J connectivity index is 2.04. The quantitative estimate of drug-likeness (QED) is 0.419. The third kappa shape index (κ3) is 4.19. The zero-order valence-corrected chi connectivity index (χ0v) is 19.3. The van der Waals surface area contributed by atoms with Gasteiger partial charge in [-0.1, -0.05) is 11.6 Å². The molecule has 1 aromatic heterocycles. The van der Waals surface area contributed by atoms with E-state index in [0.717, 1.165) is 12.1 Å². The highest BCUT2D eigenvalue weighted by molar-refractivity contribution is 7.92. The zero-order valence-electron chi connectivity index (χ0n) is 17.7. The van der Waals surface area contributed by atoms with E-state index in [1.807, 2.05) is 0 Å². The Bertz CT molecular complexity index is 1390. The van der Waals surface area contributed by atoms with Crippen LogP contribution in [-0.2, 0) is 21.4 Å². The number of ether oxygens (including phenoxy) is 3. The fourth-order valence-corrected chi connectivity index (χ4v) is 5.26. The summed E-state index contributed by atoms with van der Waals surface area (Å²) in [5, 5.41) is -0.102. The van der Waals surface area contributed by atoms with Crippen molar-refractivity contribution >= 4 is 33.3 Å². The smallest absolute Gasteiger partial charge is 0.338 e. The van der Waals surface area contributed by atoms with Crippen molar-refractivity contribution in [1.29, 1.82) is 0 Å². The first-order chi connectivity index (χ1) is 15.6. The number of methoxy groups -OCH3 is 2. The lowest BCUT2D eigenvalue weighted by molar-refractivity contribution is 0.0472. The molecule has 33 heavy (non-hydrogen) atoms. The summed E-state index contributed by atoms with van der Waals surface area (Å²) in [5.74, 6) is -1.46. The molecule has 0 atom stereocenters. The number of benzene rings is 2. The van der Waals surface area contributed by atoms with Gasteiger partial charge in [-0.2, -0.15) is 4.39 Å². The van der Waals surface area contributed by atoms with E-state index in [1.165, 1.54) is 32.5 Å². The number of halogens is 2. The predicted molar refractivity (Wildman–Crippen MR) is 119 cm³/mol. The molecule has 4 rings (SSSR count). The number of hydrogen-bond acceptors (Lipinski definition) is 7. The molecular formula is C22H18ClFN2O6S. The molecule has 172 valence electrons. The van der Waals surface area contributed by atoms with E-state index in [-0.39, 0.29) is 39.3 Å². The minimum absolute atomic E-state index is 0.102. The third-order valence-electron chi connectivity index (χ3n) is 5.09. The van der Waals surface area contributed by atoms with Gasteiger partial charge in [-0.15, -0.1) is 0 Å². The van der Waals surface area contributed by atoms with Crippen molar-refractivity contribution in [2.75, 3.05) is 18.9 Å². The average molecular weight is 493 g/mol. The maximum Gasteiger partial charge on any atom is 0.338 e. The summed E-state index contributed by atoms with van der Waals surface area (Å²) in [6.07, 6.45) is 1.29. The molecule has 0 amide bonds. The molecule has 0 radical (unpaired) electrons. The highest BCUT2D eigenvalue weighted by Gasteiger charge is 2.27. The molecule has 1 aliphatic rings. The van der Waals surface area contributed by atoms with Gasteiger partial charge in [0.15, 0.2) is 5.75 Å². The molecule has 0 unspecified atom stereocenters. The Morgan fingerprint density at radius 2 is 1.82 bits per heavy atom. The second-order valence-electron chi connectivity index (χ2n) is 7.21. The number of carbonyl (C=O) groups excluding carboxylic acids is 1. The van der Waals surface area contributed by atoms with Crippen molar-refractivity contribution < 1.29 is 31.8 Å². The van der Waals surface area contributed by atoms with E-state index in [0.29, 0.717) is 22.3 Å². The summed E-state index contributed by atoms with van der Waals surface area (Å²) in [5.41, 5.74) is 1.92. The van der Waals surface area contributed by atoms with Crippen LogP contribution in [0.15, 0.2) is 41.4 Å². The number of nitrogens with one attached hydrogen (secondary N) is 1. The van der Waals surface area contributed by atoms with E-state index in [4.69, 9.17) is 25.8 Å². The van der Waals surface area contributed by atoms with Gasteiger partial charge in [0, 0.05) is 23.4 Å². The maximum atomic E-state index is 13.9. The molecule has 4 bridgehead atoms. The number of aryl methyl sites for hydroxylation is 1. The minimum atomic E-state index is -4.30. The number of sulfonamides is 1. The van der Waals surface area contributed by atoms with Crippen molar-refractivity contribution in [3.8, 4) is 22.6 Å². The van der Waals surface area contributed by atoms with Gasteiger partial charge in [0.2, 0.25) is 5.95 Å². The van der Waals surface area contributed by atoms with E-state index < -0.39 is 21.9 Å². The van der Waals surface area contributed by atoms with Crippen LogP contribution in [0.4, 0.5) is 10.1 Å². The number of nitrogens with zero attached hydrogens (tertiary/aromatic N) is 1. The first kappa shape index (κ1) is 22.8. The van der Waals surface area contributed by atoms with E-state index in [2.05, 4.69) is 9.71 Å². The van der Waals surface area contributed by atoms with Crippen molar-refractivity contribution in [2.24, 2.45) is 0 Å². The SMILES string of the molecule is COc1c(C)cc2cc1NS(=O)(=O)c1cc(cc(Cl)c1OC)C(=O)OCc1cc(F)ncc1-2. The number of carbonyl (C=O) groups is 1. The van der Waals surface area contributed by atoms with E-state index in [1.54, 1.807) is 13.0 Å². The Labute approximate surface area is 194 Å². The molecule has 0 aliphatic carbocycles. The third-order valence-corrected chi connectivity index (χ3v) is 6.74. The summed E-state index contributed by atoms with van der Waals surface area (Å²) in [7, 11) is -1.64. The van der Waals surface area contributed by atoms with Crippen LogP contribution in [0.3, 0.4) is 0 Å². The number of rotatable bonds is 2. The average Bonchev–Trinajstić information content (AvgIpc) is 2.76. The highest BCUT2D eigenvalue weighted by atomic mass is 35.5. The van der Waals surface area contributed by atoms with Crippen LogP contribution < -0.4 is 14.2 Å². The monoisotopic (exact) mass is 492 g/mol. The van der Waals surface area contributed by atoms with Gasteiger partial charge in [-0.05, 0) is 42.3 Å². The fourth-order valence-electron chi connectivity index (χ4n) is 3.63. The molecule has 2 heterocycles. The van der Waals surface area contributed by atoms with Gasteiger partial charge in [-0.3, -0.25) is 4.72 Å². The highest BCUT2D eigenvalue weighted by Crippen LogP contribution is 2.40. The molecule has 0 saturated carbocycles. The first-order valence-corrected chi connectivity index (χ1v) is 11.4. The Kier molecular flexibility index (Phi) is 5.89. The molecule has 3 aromatic rings. The lowest BCUT2D eigenvalue weighted by Crippen LogP contribution is -2.16. The second-order valence-corrected chi connectivity index (χ2v) is 9.27. The van der Waals surface area contributed by atoms with Crippen molar-refractivity contribution in [3.05, 3.63) is 64.2 Å². The van der Waals surface area contributed by atoms with Gasteiger partial charge >= 0.3 is 5.97 Å². The van der Waals surface area contributed by atoms with E-state index >= 15 is 0 Å². The predicted octanol–water partition coefficient (Wildman–Crippen LogP) is 4.34. The fraction of sp³-hybridized carbons (Fsp3) is 0.182. The summed E-state index contributed by atoms with van der Waals surface area (Å²) < 4.78 is 59.1. The molecule has 0 fully saturated rings. The molecule has 1 N–H and O–H groups in total. The van der Waals surface area contributed by atoms with Gasteiger partial charge < -0.3 is 14.2 Å². The number of pyridine rings is 1. The number of fused-ring (bicyclic) bond motifs is 6. The molecule has 1 aliphatic heterocycles. The molecule has 0 spiro atoms. The van der Waals surface area contributed by atoms with Crippen LogP contribution in [0.1, 0.15) is 21.5 Å². The molecular weight excluding hydrogens is 475 g/mol. The normalized spacial score (nSPS) is 14.5. The number of anilines is 1. The van der Waals surface area contributed by atoms with Crippen LogP contribution in [-0.4, -0.2) is 33.6 Å². The molecule has 2 aromatic carbocycles. The van der Waals surface area contributed by atoms with Gasteiger partial charge in [0.1, 0.15) is 17.3 Å². The van der Waals surface area contributed by atoms with Crippen molar-refractivity contribution in [2.45, 2.75) is 18.4 Å². The van der Waals surface area contributed by atoms with E-state index in [9.17, 15) is 17.6 Å². The standard InChI is InChI=1S/C22H18ClFN2O6S/c1-11-4-12-6-17(20(11)30-2)26-33(28,29)18-7-13(5-16(23)21(18)31-3)22(27)32-10-14-8-19(24)25-9-15(12)14/h4-9,26H,10H2,1-3H3. The number of aromatic nitrogens is 1. The Morgan fingerprint density at radius 1 is 1.09 bits per heavy atom. The van der Waals surface area contributed by atoms with Gasteiger partial charge in [0.05, 0.1) is 30.5 Å². The number of esters is 1. The molecule has 0 saturated heterocycles. The first-order valence-electron chi connectivity index (χ1n) is 9.55. The lowest BCUT2D eigenvalue weighted by Gasteiger charge is -2.18. The van der Waals surface area contributed by atoms with Crippen LogP contribution in [0.2, 0.25) is 5.02 Å². The summed E-state index contributed by atoms with van der Waals surface area (Å²) in [6.45, 7) is 1.44. The maximum absolute atomic E-state index is 13.9. The summed E-state index contributed by atoms with van der Waals surface area (Å²) in [4.78, 5) is 16.0. The van der Waals surface area contributed by atoms with Crippen molar-refractivity contribution in [1.82, 2.24) is 4.98 Å². The summed E-state index contributed by atoms with van der Waals surface area (Å²) in [6, 6.07) is 6.75. The molecule has 8 nitrogen and oxygen atoms in total. The number of hydrogen-bond donors (Lipinski definition) is 1. The summed E-state index contributed by atoms with van der Waals surface area (Å²) >= 11 is 6.21. The lowest BCUT2D eigenvalue weighted by atomic mass is 9.99. The van der Waals surface area contributed by atoms with Crippen LogP contribution >= 0.6 is 11.6 Å². The largest absolute Gasteiger partial charge is 0.494 e. The Morgan fingerprint density at radius 3 is 2.52 bits per heavy atom. The second kappa shape index (κ2) is 8.53. The number of cyclic esters (lactones) is 1.